The molecule has 1 aromatic carbocycles. The molecular weight excluding hydrogens is 208 g/mol. The fraction of sp³-hybridized carbons (Fsp3) is 0.600. The zero-order chi connectivity index (χ0) is 12.5. The maximum absolute atomic E-state index is 3.46. The fourth-order valence-corrected chi connectivity index (χ4v) is 1.86. The maximum atomic E-state index is 3.46. The first kappa shape index (κ1) is 14.2. The van der Waals surface area contributed by atoms with Gasteiger partial charge in [0, 0.05) is 19.1 Å². The van der Waals surface area contributed by atoms with Crippen molar-refractivity contribution in [1.82, 2.24) is 10.6 Å². The number of rotatable bonds is 8. The Kier molecular flexibility index (Phi) is 6.90. The zero-order valence-electron chi connectivity index (χ0n) is 11.4. The fourth-order valence-electron chi connectivity index (χ4n) is 1.86. The van der Waals surface area contributed by atoms with E-state index in [0.717, 1.165) is 19.6 Å². The SMILES string of the molecule is Cc1cccc(CCCNCCNC(C)C)c1. The topological polar surface area (TPSA) is 24.1 Å². The van der Waals surface area contributed by atoms with E-state index in [1.807, 2.05) is 0 Å². The lowest BCUT2D eigenvalue weighted by Crippen LogP contribution is -2.32. The molecule has 96 valence electrons. The third kappa shape index (κ3) is 7.14. The van der Waals surface area contributed by atoms with Gasteiger partial charge in [0.05, 0.1) is 0 Å². The lowest BCUT2D eigenvalue weighted by Gasteiger charge is -2.09. The molecule has 0 aliphatic carbocycles. The molecule has 0 spiro atoms. The summed E-state index contributed by atoms with van der Waals surface area (Å²) in [4.78, 5) is 0. The first-order valence-corrected chi connectivity index (χ1v) is 6.68. The van der Waals surface area contributed by atoms with Crippen LogP contribution in [0.15, 0.2) is 24.3 Å². The van der Waals surface area contributed by atoms with Gasteiger partial charge < -0.3 is 10.6 Å². The van der Waals surface area contributed by atoms with Crippen LogP contribution in [0.25, 0.3) is 0 Å². The lowest BCUT2D eigenvalue weighted by molar-refractivity contribution is 0.550. The highest BCUT2D eigenvalue weighted by Gasteiger charge is 1.94. The molecule has 0 saturated heterocycles. The van der Waals surface area contributed by atoms with E-state index in [9.17, 15) is 0 Å². The smallest absolute Gasteiger partial charge is 0.00790 e. The van der Waals surface area contributed by atoms with E-state index < -0.39 is 0 Å². The Bertz CT molecular complexity index is 308. The van der Waals surface area contributed by atoms with Crippen molar-refractivity contribution in [1.29, 1.82) is 0 Å². The predicted molar refractivity (Wildman–Crippen MR) is 75.5 cm³/mol. The van der Waals surface area contributed by atoms with Gasteiger partial charge in [-0.1, -0.05) is 43.7 Å². The third-order valence-electron chi connectivity index (χ3n) is 2.76. The van der Waals surface area contributed by atoms with E-state index in [2.05, 4.69) is 55.7 Å². The molecule has 0 amide bonds. The van der Waals surface area contributed by atoms with E-state index >= 15 is 0 Å². The van der Waals surface area contributed by atoms with Crippen molar-refractivity contribution in [2.75, 3.05) is 19.6 Å². The van der Waals surface area contributed by atoms with Crippen molar-refractivity contribution in [3.8, 4) is 0 Å². The van der Waals surface area contributed by atoms with Crippen LogP contribution in [0, 0.1) is 6.92 Å². The van der Waals surface area contributed by atoms with Gasteiger partial charge in [0.25, 0.3) is 0 Å². The summed E-state index contributed by atoms with van der Waals surface area (Å²) in [5, 5.41) is 6.86. The largest absolute Gasteiger partial charge is 0.315 e. The lowest BCUT2D eigenvalue weighted by atomic mass is 10.1. The molecule has 0 bridgehead atoms. The van der Waals surface area contributed by atoms with Crippen molar-refractivity contribution >= 4 is 0 Å². The summed E-state index contributed by atoms with van der Waals surface area (Å²) in [6.07, 6.45) is 2.39. The third-order valence-corrected chi connectivity index (χ3v) is 2.76. The van der Waals surface area contributed by atoms with E-state index in [0.29, 0.717) is 6.04 Å². The molecular formula is C15H26N2. The maximum Gasteiger partial charge on any atom is 0.00790 e. The van der Waals surface area contributed by atoms with Gasteiger partial charge >= 0.3 is 0 Å². The molecule has 2 nitrogen and oxygen atoms in total. The first-order chi connectivity index (χ1) is 8.18. The minimum Gasteiger partial charge on any atom is -0.315 e. The average Bonchev–Trinajstić information content (AvgIpc) is 2.27. The van der Waals surface area contributed by atoms with Gasteiger partial charge in [-0.15, -0.1) is 0 Å². The number of benzene rings is 1. The summed E-state index contributed by atoms with van der Waals surface area (Å²) in [7, 11) is 0. The van der Waals surface area contributed by atoms with Gasteiger partial charge in [-0.05, 0) is 31.9 Å². The van der Waals surface area contributed by atoms with Crippen molar-refractivity contribution < 1.29 is 0 Å². The molecule has 0 fully saturated rings. The summed E-state index contributed by atoms with van der Waals surface area (Å²) in [5.74, 6) is 0. The average molecular weight is 234 g/mol. The van der Waals surface area contributed by atoms with Gasteiger partial charge in [-0.2, -0.15) is 0 Å². The Balaban J connectivity index is 2.01. The van der Waals surface area contributed by atoms with Crippen molar-refractivity contribution in [3.05, 3.63) is 35.4 Å². The second-order valence-electron chi connectivity index (χ2n) is 4.95. The molecule has 17 heavy (non-hydrogen) atoms. The Morgan fingerprint density at radius 3 is 2.65 bits per heavy atom. The van der Waals surface area contributed by atoms with Crippen LogP contribution in [0.5, 0.6) is 0 Å². The monoisotopic (exact) mass is 234 g/mol. The molecule has 0 aliphatic rings. The van der Waals surface area contributed by atoms with Crippen LogP contribution >= 0.6 is 0 Å². The minimum atomic E-state index is 0.587. The summed E-state index contributed by atoms with van der Waals surface area (Å²) >= 11 is 0. The highest BCUT2D eigenvalue weighted by molar-refractivity contribution is 5.22. The molecule has 2 heteroatoms. The second kappa shape index (κ2) is 8.26. The molecule has 1 rings (SSSR count). The molecule has 0 aliphatic heterocycles. The van der Waals surface area contributed by atoms with E-state index in [-0.39, 0.29) is 0 Å². The number of nitrogens with one attached hydrogen (secondary N) is 2. The second-order valence-corrected chi connectivity index (χ2v) is 4.95. The van der Waals surface area contributed by atoms with Crippen LogP contribution in [0.1, 0.15) is 31.4 Å². The van der Waals surface area contributed by atoms with Crippen molar-refractivity contribution in [2.24, 2.45) is 0 Å². The molecule has 0 atom stereocenters. The highest BCUT2D eigenvalue weighted by atomic mass is 14.9. The molecule has 0 unspecified atom stereocenters. The molecule has 0 radical (unpaired) electrons. The first-order valence-electron chi connectivity index (χ1n) is 6.68. The van der Waals surface area contributed by atoms with Crippen LogP contribution in [0.4, 0.5) is 0 Å². The van der Waals surface area contributed by atoms with Crippen LogP contribution < -0.4 is 10.6 Å². The standard InChI is InChI=1S/C15H26N2/c1-13(2)17-11-10-16-9-5-8-15-7-4-6-14(3)12-15/h4,6-7,12-13,16-17H,5,8-11H2,1-3H3. The quantitative estimate of drug-likeness (QED) is 0.675. The summed E-state index contributed by atoms with van der Waals surface area (Å²) in [5.41, 5.74) is 2.81. The Morgan fingerprint density at radius 1 is 1.12 bits per heavy atom. The normalized spacial score (nSPS) is 11.1. The van der Waals surface area contributed by atoms with E-state index in [1.54, 1.807) is 0 Å². The van der Waals surface area contributed by atoms with Crippen LogP contribution in [0.3, 0.4) is 0 Å². The van der Waals surface area contributed by atoms with E-state index in [4.69, 9.17) is 0 Å². The summed E-state index contributed by atoms with van der Waals surface area (Å²) in [6.45, 7) is 9.73. The summed E-state index contributed by atoms with van der Waals surface area (Å²) < 4.78 is 0. The molecule has 1 aromatic rings. The molecule has 0 saturated carbocycles. The number of aryl methyl sites for hydroxylation is 2. The molecule has 2 N–H and O–H groups in total. The zero-order valence-corrected chi connectivity index (χ0v) is 11.4. The van der Waals surface area contributed by atoms with Gasteiger partial charge in [-0.25, -0.2) is 0 Å². The van der Waals surface area contributed by atoms with Gasteiger partial charge in [0.2, 0.25) is 0 Å². The Labute approximate surface area is 106 Å². The highest BCUT2D eigenvalue weighted by Crippen LogP contribution is 2.05. The number of hydrogen-bond acceptors (Lipinski definition) is 2. The van der Waals surface area contributed by atoms with Crippen molar-refractivity contribution in [2.45, 2.75) is 39.7 Å². The number of hydrogen-bond donors (Lipinski definition) is 2. The van der Waals surface area contributed by atoms with Gasteiger partial charge in [-0.3, -0.25) is 0 Å². The molecule has 0 aromatic heterocycles. The van der Waals surface area contributed by atoms with Crippen LogP contribution in [-0.2, 0) is 6.42 Å². The van der Waals surface area contributed by atoms with Crippen molar-refractivity contribution in [3.63, 3.8) is 0 Å². The van der Waals surface area contributed by atoms with Gasteiger partial charge in [0.1, 0.15) is 0 Å². The minimum absolute atomic E-state index is 0.587. The molecule has 0 heterocycles. The van der Waals surface area contributed by atoms with Crippen LogP contribution in [0.2, 0.25) is 0 Å². The van der Waals surface area contributed by atoms with Gasteiger partial charge in [0.15, 0.2) is 0 Å². The van der Waals surface area contributed by atoms with Crippen LogP contribution in [-0.4, -0.2) is 25.7 Å². The Hall–Kier alpha value is -0.860. The van der Waals surface area contributed by atoms with E-state index in [1.165, 1.54) is 24.0 Å². The summed E-state index contributed by atoms with van der Waals surface area (Å²) in [6, 6.07) is 9.38. The Morgan fingerprint density at radius 2 is 1.94 bits per heavy atom. The predicted octanol–water partition coefficient (Wildman–Crippen LogP) is 2.52.